The van der Waals surface area contributed by atoms with Crippen molar-refractivity contribution in [3.8, 4) is 0 Å². The predicted molar refractivity (Wildman–Crippen MR) is 79.8 cm³/mol. The number of benzene rings is 1. The fourth-order valence-corrected chi connectivity index (χ4v) is 4.06. The lowest BCUT2D eigenvalue weighted by Crippen LogP contribution is -2.67. The number of hydrogen-bond donors (Lipinski definition) is 1. The number of fused-ring (bicyclic) bond motifs is 1. The smallest absolute Gasteiger partial charge is 0.0693 e. The molecule has 0 aromatic heterocycles. The Balaban J connectivity index is 1.83. The van der Waals surface area contributed by atoms with Crippen molar-refractivity contribution < 1.29 is 4.74 Å². The van der Waals surface area contributed by atoms with Crippen molar-refractivity contribution in [3.63, 3.8) is 0 Å². The van der Waals surface area contributed by atoms with E-state index >= 15 is 0 Å². The summed E-state index contributed by atoms with van der Waals surface area (Å²) in [7, 11) is 0. The Morgan fingerprint density at radius 3 is 2.89 bits per heavy atom. The average molecular weight is 280 g/mol. The van der Waals surface area contributed by atoms with Gasteiger partial charge in [0.05, 0.1) is 16.8 Å². The molecule has 3 unspecified atom stereocenters. The Morgan fingerprint density at radius 2 is 2.16 bits per heavy atom. The minimum Gasteiger partial charge on any atom is -0.380 e. The number of aryl methyl sites for hydroxylation is 1. The third-order valence-corrected chi connectivity index (χ3v) is 5.17. The fourth-order valence-electron chi connectivity index (χ4n) is 3.79. The second kappa shape index (κ2) is 4.68. The van der Waals surface area contributed by atoms with Gasteiger partial charge in [0.1, 0.15) is 0 Å². The number of hydrogen-bond acceptors (Lipinski definition) is 2. The highest BCUT2D eigenvalue weighted by atomic mass is 35.5. The van der Waals surface area contributed by atoms with Crippen LogP contribution in [-0.2, 0) is 4.74 Å². The third-order valence-electron chi connectivity index (χ3n) is 4.85. The quantitative estimate of drug-likeness (QED) is 0.873. The van der Waals surface area contributed by atoms with Crippen LogP contribution in [-0.4, -0.2) is 18.8 Å². The van der Waals surface area contributed by atoms with Crippen molar-refractivity contribution in [2.24, 2.45) is 11.3 Å². The molecule has 1 heterocycles. The van der Waals surface area contributed by atoms with E-state index in [4.69, 9.17) is 16.3 Å². The van der Waals surface area contributed by atoms with E-state index in [1.807, 2.05) is 12.1 Å². The Morgan fingerprint density at radius 1 is 1.37 bits per heavy atom. The van der Waals surface area contributed by atoms with Crippen LogP contribution in [0.4, 0.5) is 5.69 Å². The van der Waals surface area contributed by atoms with Gasteiger partial charge in [-0.2, -0.15) is 0 Å². The maximum absolute atomic E-state index is 6.33. The van der Waals surface area contributed by atoms with E-state index in [9.17, 15) is 0 Å². The van der Waals surface area contributed by atoms with Gasteiger partial charge in [-0.05, 0) is 31.4 Å². The molecule has 1 aliphatic heterocycles. The van der Waals surface area contributed by atoms with E-state index in [2.05, 4.69) is 32.2 Å². The lowest BCUT2D eigenvalue weighted by atomic mass is 9.55. The van der Waals surface area contributed by atoms with E-state index in [1.165, 1.54) is 18.4 Å². The number of halogens is 1. The number of rotatable bonds is 2. The molecule has 0 spiro atoms. The molecule has 3 atom stereocenters. The minimum atomic E-state index is 0.177. The normalized spacial score (nSPS) is 32.3. The van der Waals surface area contributed by atoms with Crippen LogP contribution in [0.5, 0.6) is 0 Å². The molecule has 0 bridgehead atoms. The average Bonchev–Trinajstić information content (AvgIpc) is 2.38. The lowest BCUT2D eigenvalue weighted by molar-refractivity contribution is -0.177. The minimum absolute atomic E-state index is 0.177. The van der Waals surface area contributed by atoms with Gasteiger partial charge < -0.3 is 10.1 Å². The summed E-state index contributed by atoms with van der Waals surface area (Å²) in [5.74, 6) is 0.624. The molecule has 1 aliphatic carbocycles. The first-order valence-corrected chi connectivity index (χ1v) is 7.53. The van der Waals surface area contributed by atoms with Gasteiger partial charge >= 0.3 is 0 Å². The maximum Gasteiger partial charge on any atom is 0.0693 e. The van der Waals surface area contributed by atoms with Gasteiger partial charge in [0.15, 0.2) is 0 Å². The van der Waals surface area contributed by atoms with Gasteiger partial charge in [-0.3, -0.25) is 0 Å². The second-order valence-electron chi connectivity index (χ2n) is 6.47. The molecule has 3 heteroatoms. The van der Waals surface area contributed by atoms with Crippen molar-refractivity contribution in [3.05, 3.63) is 28.8 Å². The van der Waals surface area contributed by atoms with Crippen LogP contribution in [0.15, 0.2) is 18.2 Å². The summed E-state index contributed by atoms with van der Waals surface area (Å²) in [5.41, 5.74) is 2.48. The molecule has 104 valence electrons. The molecular formula is C16H22ClNO. The van der Waals surface area contributed by atoms with E-state index in [1.54, 1.807) is 0 Å². The first-order valence-electron chi connectivity index (χ1n) is 7.15. The van der Waals surface area contributed by atoms with Gasteiger partial charge in [-0.25, -0.2) is 0 Å². The van der Waals surface area contributed by atoms with Crippen LogP contribution in [0, 0.1) is 18.3 Å². The summed E-state index contributed by atoms with van der Waals surface area (Å²) in [5, 5.41) is 4.51. The molecule has 3 rings (SSSR count). The first kappa shape index (κ1) is 13.3. The van der Waals surface area contributed by atoms with E-state index in [0.29, 0.717) is 18.1 Å². The Labute approximate surface area is 120 Å². The zero-order valence-electron chi connectivity index (χ0n) is 11.9. The van der Waals surface area contributed by atoms with Crippen LogP contribution in [0.3, 0.4) is 0 Å². The maximum atomic E-state index is 6.33. The van der Waals surface area contributed by atoms with E-state index in [0.717, 1.165) is 17.3 Å². The topological polar surface area (TPSA) is 21.3 Å². The molecule has 1 saturated heterocycles. The summed E-state index contributed by atoms with van der Waals surface area (Å²) in [6, 6.07) is 6.52. The SMILES string of the molecule is Cc1cccc(Cl)c1NC1C2CCCOC2C1(C)C. The van der Waals surface area contributed by atoms with Crippen molar-refractivity contribution in [1.29, 1.82) is 0 Å². The number of ether oxygens (including phenoxy) is 1. The Hall–Kier alpha value is -0.730. The zero-order valence-corrected chi connectivity index (χ0v) is 12.6. The number of anilines is 1. The second-order valence-corrected chi connectivity index (χ2v) is 6.88. The first-order chi connectivity index (χ1) is 9.01. The third kappa shape index (κ3) is 2.05. The van der Waals surface area contributed by atoms with Crippen molar-refractivity contribution in [2.75, 3.05) is 11.9 Å². The molecule has 2 fully saturated rings. The lowest BCUT2D eigenvalue weighted by Gasteiger charge is -2.60. The molecule has 1 N–H and O–H groups in total. The molecule has 1 aromatic carbocycles. The van der Waals surface area contributed by atoms with Crippen molar-refractivity contribution in [1.82, 2.24) is 0 Å². The summed E-state index contributed by atoms with van der Waals surface area (Å²) >= 11 is 6.33. The van der Waals surface area contributed by atoms with Crippen molar-refractivity contribution >= 4 is 17.3 Å². The summed E-state index contributed by atoms with van der Waals surface area (Å²) < 4.78 is 5.95. The fraction of sp³-hybridized carbons (Fsp3) is 0.625. The zero-order chi connectivity index (χ0) is 13.6. The highest BCUT2D eigenvalue weighted by Gasteiger charge is 2.58. The summed E-state index contributed by atoms with van der Waals surface area (Å²) in [4.78, 5) is 0. The summed E-state index contributed by atoms with van der Waals surface area (Å²) in [6.07, 6.45) is 2.84. The Kier molecular flexibility index (Phi) is 3.26. The standard InChI is InChI=1S/C16H22ClNO/c1-10-6-4-8-12(17)13(10)18-14-11-7-5-9-19-15(11)16(14,2)3/h4,6,8,11,14-15,18H,5,7,9H2,1-3H3. The molecule has 19 heavy (non-hydrogen) atoms. The Bertz CT molecular complexity index is 465. The largest absolute Gasteiger partial charge is 0.380 e. The van der Waals surface area contributed by atoms with Crippen LogP contribution >= 0.6 is 11.6 Å². The predicted octanol–water partition coefficient (Wildman–Crippen LogP) is 4.26. The molecule has 0 radical (unpaired) electrons. The van der Waals surface area contributed by atoms with Crippen LogP contribution < -0.4 is 5.32 Å². The van der Waals surface area contributed by atoms with Gasteiger partial charge in [-0.15, -0.1) is 0 Å². The monoisotopic (exact) mass is 279 g/mol. The van der Waals surface area contributed by atoms with Crippen LogP contribution in [0.25, 0.3) is 0 Å². The molecule has 0 amide bonds. The van der Waals surface area contributed by atoms with Gasteiger partial charge in [0.2, 0.25) is 0 Å². The van der Waals surface area contributed by atoms with Crippen LogP contribution in [0.1, 0.15) is 32.3 Å². The van der Waals surface area contributed by atoms with Crippen molar-refractivity contribution in [2.45, 2.75) is 45.8 Å². The van der Waals surface area contributed by atoms with E-state index < -0.39 is 0 Å². The highest BCUT2D eigenvalue weighted by Crippen LogP contribution is 2.52. The molecule has 2 nitrogen and oxygen atoms in total. The molecular weight excluding hydrogens is 258 g/mol. The van der Waals surface area contributed by atoms with Gasteiger partial charge in [0, 0.05) is 24.0 Å². The molecule has 2 aliphatic rings. The van der Waals surface area contributed by atoms with E-state index in [-0.39, 0.29) is 5.41 Å². The highest BCUT2D eigenvalue weighted by molar-refractivity contribution is 6.33. The van der Waals surface area contributed by atoms with Gasteiger partial charge in [0.25, 0.3) is 0 Å². The number of nitrogens with one attached hydrogen (secondary N) is 1. The van der Waals surface area contributed by atoms with Crippen LogP contribution in [0.2, 0.25) is 5.02 Å². The number of para-hydroxylation sites is 1. The molecule has 1 aromatic rings. The summed E-state index contributed by atoms with van der Waals surface area (Å²) in [6.45, 7) is 7.61. The van der Waals surface area contributed by atoms with Gasteiger partial charge in [-0.1, -0.05) is 37.6 Å². The molecule has 1 saturated carbocycles.